The summed E-state index contributed by atoms with van der Waals surface area (Å²) in [5.74, 6) is 0.838. The predicted octanol–water partition coefficient (Wildman–Crippen LogP) is 5.62. The second-order valence-electron chi connectivity index (χ2n) is 5.55. The number of nitrogens with zero attached hydrogens (tertiary/aromatic N) is 1. The number of unbranched alkanes of at least 4 members (excludes halogenated alkanes) is 9. The molecule has 0 aliphatic carbocycles. The fourth-order valence-corrected chi connectivity index (χ4v) is 2.54. The van der Waals surface area contributed by atoms with Gasteiger partial charge in [-0.2, -0.15) is 0 Å². The van der Waals surface area contributed by atoms with Crippen molar-refractivity contribution in [3.63, 3.8) is 0 Å². The molecule has 0 saturated heterocycles. The van der Waals surface area contributed by atoms with Gasteiger partial charge in [-0.1, -0.05) is 64.7 Å². The van der Waals surface area contributed by atoms with Gasteiger partial charge in [-0.05, 0) is 20.3 Å². The third-order valence-electron chi connectivity index (χ3n) is 3.91. The van der Waals surface area contributed by atoms with Crippen LogP contribution in [0.3, 0.4) is 0 Å². The SMILES string of the molecule is CCCCCCCCCCCCC(=N)N(CC)CC. The topological polar surface area (TPSA) is 27.1 Å². The third-order valence-corrected chi connectivity index (χ3v) is 3.91. The van der Waals surface area contributed by atoms with Gasteiger partial charge in [-0.25, -0.2) is 0 Å². The van der Waals surface area contributed by atoms with E-state index in [0.29, 0.717) is 0 Å². The number of hydrogen-bond acceptors (Lipinski definition) is 1. The van der Waals surface area contributed by atoms with Gasteiger partial charge >= 0.3 is 0 Å². The zero-order valence-corrected chi connectivity index (χ0v) is 13.6. The second kappa shape index (κ2) is 13.9. The highest BCUT2D eigenvalue weighted by atomic mass is 15.1. The van der Waals surface area contributed by atoms with Crippen LogP contribution in [-0.4, -0.2) is 23.8 Å². The van der Waals surface area contributed by atoms with E-state index in [1.54, 1.807) is 0 Å². The molecule has 0 fully saturated rings. The van der Waals surface area contributed by atoms with Gasteiger partial charge < -0.3 is 4.90 Å². The molecule has 0 amide bonds. The molecule has 0 aromatic rings. The Balaban J connectivity index is 3.24. The molecule has 0 aromatic heterocycles. The molecule has 114 valence electrons. The van der Waals surface area contributed by atoms with Crippen molar-refractivity contribution in [2.24, 2.45) is 0 Å². The molecular weight excluding hydrogens is 232 g/mol. The highest BCUT2D eigenvalue weighted by Gasteiger charge is 2.04. The molecule has 1 N–H and O–H groups in total. The van der Waals surface area contributed by atoms with Crippen LogP contribution in [0.2, 0.25) is 0 Å². The van der Waals surface area contributed by atoms with Gasteiger partial charge in [0.15, 0.2) is 0 Å². The van der Waals surface area contributed by atoms with E-state index in [-0.39, 0.29) is 0 Å². The Hall–Kier alpha value is -0.530. The van der Waals surface area contributed by atoms with E-state index in [9.17, 15) is 0 Å². The average Bonchev–Trinajstić information content (AvgIpc) is 2.42. The maximum absolute atomic E-state index is 7.98. The molecule has 2 heteroatoms. The summed E-state index contributed by atoms with van der Waals surface area (Å²) < 4.78 is 0. The minimum atomic E-state index is 0.838. The molecule has 0 spiro atoms. The summed E-state index contributed by atoms with van der Waals surface area (Å²) in [6.45, 7) is 8.50. The van der Waals surface area contributed by atoms with Crippen LogP contribution >= 0.6 is 0 Å². The van der Waals surface area contributed by atoms with Crippen LogP contribution in [-0.2, 0) is 0 Å². The van der Waals surface area contributed by atoms with E-state index >= 15 is 0 Å². The minimum Gasteiger partial charge on any atom is -0.361 e. The first-order valence-corrected chi connectivity index (χ1v) is 8.58. The monoisotopic (exact) mass is 268 g/mol. The van der Waals surface area contributed by atoms with Crippen LogP contribution in [0.15, 0.2) is 0 Å². The smallest absolute Gasteiger partial charge is 0.0957 e. The maximum Gasteiger partial charge on any atom is 0.0957 e. The predicted molar refractivity (Wildman–Crippen MR) is 87.1 cm³/mol. The summed E-state index contributed by atoms with van der Waals surface area (Å²) >= 11 is 0. The van der Waals surface area contributed by atoms with Crippen molar-refractivity contribution in [2.45, 2.75) is 91.4 Å². The first kappa shape index (κ1) is 18.5. The summed E-state index contributed by atoms with van der Waals surface area (Å²) in [6.07, 6.45) is 14.7. The van der Waals surface area contributed by atoms with Crippen LogP contribution in [0.1, 0.15) is 91.4 Å². The number of nitrogens with one attached hydrogen (secondary N) is 1. The maximum atomic E-state index is 7.98. The van der Waals surface area contributed by atoms with Gasteiger partial charge in [0.1, 0.15) is 0 Å². The van der Waals surface area contributed by atoms with Crippen molar-refractivity contribution in [1.29, 1.82) is 5.41 Å². The highest BCUT2D eigenvalue weighted by Crippen LogP contribution is 2.11. The molecule has 0 atom stereocenters. The number of amidine groups is 1. The standard InChI is InChI=1S/C17H36N2/c1-4-7-8-9-10-11-12-13-14-15-16-17(18)19(5-2)6-3/h18H,4-16H2,1-3H3. The molecule has 0 rings (SSSR count). The van der Waals surface area contributed by atoms with Crippen molar-refractivity contribution in [3.8, 4) is 0 Å². The Morgan fingerprint density at radius 1 is 0.684 bits per heavy atom. The van der Waals surface area contributed by atoms with Crippen LogP contribution in [0.4, 0.5) is 0 Å². The van der Waals surface area contributed by atoms with E-state index < -0.39 is 0 Å². The summed E-state index contributed by atoms with van der Waals surface area (Å²) in [7, 11) is 0. The van der Waals surface area contributed by atoms with Crippen molar-refractivity contribution in [3.05, 3.63) is 0 Å². The molecule has 0 aromatic carbocycles. The van der Waals surface area contributed by atoms with Gasteiger partial charge in [-0.15, -0.1) is 0 Å². The normalized spacial score (nSPS) is 10.7. The molecule has 0 saturated carbocycles. The lowest BCUT2D eigenvalue weighted by molar-refractivity contribution is 0.447. The van der Waals surface area contributed by atoms with Crippen molar-refractivity contribution in [2.75, 3.05) is 13.1 Å². The number of rotatable bonds is 13. The molecule has 0 aliphatic rings. The van der Waals surface area contributed by atoms with Gasteiger partial charge in [0.2, 0.25) is 0 Å². The second-order valence-corrected chi connectivity index (χ2v) is 5.55. The molecular formula is C17H36N2. The molecule has 0 heterocycles. The van der Waals surface area contributed by atoms with E-state index in [1.165, 1.54) is 64.2 Å². The molecule has 0 aliphatic heterocycles. The summed E-state index contributed by atoms with van der Waals surface area (Å²) in [4.78, 5) is 2.16. The Morgan fingerprint density at radius 3 is 1.53 bits per heavy atom. The fraction of sp³-hybridized carbons (Fsp3) is 0.941. The van der Waals surface area contributed by atoms with Crippen LogP contribution < -0.4 is 0 Å². The van der Waals surface area contributed by atoms with Gasteiger partial charge in [0, 0.05) is 19.5 Å². The molecule has 0 radical (unpaired) electrons. The van der Waals surface area contributed by atoms with E-state index in [4.69, 9.17) is 5.41 Å². The van der Waals surface area contributed by atoms with E-state index in [2.05, 4.69) is 25.7 Å². The summed E-state index contributed by atoms with van der Waals surface area (Å²) in [6, 6.07) is 0. The van der Waals surface area contributed by atoms with Gasteiger partial charge in [0.05, 0.1) is 5.84 Å². The van der Waals surface area contributed by atoms with Crippen molar-refractivity contribution < 1.29 is 0 Å². The lowest BCUT2D eigenvalue weighted by Gasteiger charge is -2.21. The summed E-state index contributed by atoms with van der Waals surface area (Å²) in [5, 5.41) is 7.98. The molecule has 0 bridgehead atoms. The Morgan fingerprint density at radius 2 is 1.11 bits per heavy atom. The first-order valence-electron chi connectivity index (χ1n) is 8.58. The lowest BCUT2D eigenvalue weighted by atomic mass is 10.1. The van der Waals surface area contributed by atoms with Gasteiger partial charge in [-0.3, -0.25) is 5.41 Å². The quantitative estimate of drug-likeness (QED) is 0.262. The molecule has 0 unspecified atom stereocenters. The highest BCUT2D eigenvalue weighted by molar-refractivity contribution is 5.78. The van der Waals surface area contributed by atoms with Gasteiger partial charge in [0.25, 0.3) is 0 Å². The van der Waals surface area contributed by atoms with Crippen molar-refractivity contribution in [1.82, 2.24) is 4.90 Å². The fourth-order valence-electron chi connectivity index (χ4n) is 2.54. The largest absolute Gasteiger partial charge is 0.361 e. The molecule has 19 heavy (non-hydrogen) atoms. The van der Waals surface area contributed by atoms with Crippen LogP contribution in [0.25, 0.3) is 0 Å². The van der Waals surface area contributed by atoms with E-state index in [1.807, 2.05) is 0 Å². The zero-order valence-electron chi connectivity index (χ0n) is 13.6. The lowest BCUT2D eigenvalue weighted by Crippen LogP contribution is -2.29. The number of hydrogen-bond donors (Lipinski definition) is 1. The first-order chi connectivity index (χ1) is 9.26. The Labute approximate surface area is 121 Å². The molecule has 2 nitrogen and oxygen atoms in total. The van der Waals surface area contributed by atoms with Crippen LogP contribution in [0.5, 0.6) is 0 Å². The Bertz CT molecular complexity index is 197. The van der Waals surface area contributed by atoms with E-state index in [0.717, 1.165) is 25.3 Å². The van der Waals surface area contributed by atoms with Crippen molar-refractivity contribution >= 4 is 5.84 Å². The minimum absolute atomic E-state index is 0.838. The third kappa shape index (κ3) is 11.0. The summed E-state index contributed by atoms with van der Waals surface area (Å²) in [5.41, 5.74) is 0. The zero-order chi connectivity index (χ0) is 14.3. The van der Waals surface area contributed by atoms with Crippen LogP contribution in [0, 0.1) is 5.41 Å². The Kier molecular flexibility index (Phi) is 13.5. The average molecular weight is 268 g/mol.